The predicted molar refractivity (Wildman–Crippen MR) is 80.3 cm³/mol. The first-order valence-electron chi connectivity index (χ1n) is 7.17. The number of urea groups is 1. The molecule has 3 N–H and O–H groups in total. The first-order chi connectivity index (χ1) is 9.97. The van der Waals surface area contributed by atoms with E-state index in [1.54, 1.807) is 17.5 Å². The number of thiazole rings is 1. The zero-order chi connectivity index (χ0) is 15.4. The molecule has 1 saturated carbocycles. The van der Waals surface area contributed by atoms with Crippen molar-refractivity contribution in [3.8, 4) is 0 Å². The Hall–Kier alpha value is -1.63. The molecule has 0 aromatic carbocycles. The van der Waals surface area contributed by atoms with Gasteiger partial charge in [-0.05, 0) is 32.6 Å². The summed E-state index contributed by atoms with van der Waals surface area (Å²) in [5.74, 6) is -1.05. The van der Waals surface area contributed by atoms with Crippen LogP contribution in [-0.2, 0) is 4.79 Å². The van der Waals surface area contributed by atoms with Crippen molar-refractivity contribution in [1.29, 1.82) is 0 Å². The molecule has 0 spiro atoms. The van der Waals surface area contributed by atoms with Crippen molar-refractivity contribution in [2.24, 2.45) is 11.8 Å². The molecule has 3 atom stereocenters. The van der Waals surface area contributed by atoms with Crippen LogP contribution < -0.4 is 10.6 Å². The summed E-state index contributed by atoms with van der Waals surface area (Å²) in [6.07, 6.45) is 4.27. The average Bonchev–Trinajstić information content (AvgIpc) is 3.04. The number of nitrogens with one attached hydrogen (secondary N) is 2. The lowest BCUT2D eigenvalue weighted by atomic mass is 9.96. The third-order valence-corrected chi connectivity index (χ3v) is 4.95. The van der Waals surface area contributed by atoms with E-state index in [9.17, 15) is 9.59 Å². The van der Waals surface area contributed by atoms with Crippen LogP contribution in [0.15, 0.2) is 6.20 Å². The molecule has 2 amide bonds. The van der Waals surface area contributed by atoms with Gasteiger partial charge in [-0.3, -0.25) is 4.79 Å². The third-order valence-electron chi connectivity index (χ3n) is 3.86. The van der Waals surface area contributed by atoms with Crippen LogP contribution in [0.1, 0.15) is 42.1 Å². The van der Waals surface area contributed by atoms with Gasteiger partial charge in [0.15, 0.2) is 0 Å². The Labute approximate surface area is 128 Å². The molecule has 116 valence electrons. The average molecular weight is 311 g/mol. The van der Waals surface area contributed by atoms with E-state index in [2.05, 4.69) is 15.6 Å². The Balaban J connectivity index is 1.78. The van der Waals surface area contributed by atoms with Crippen LogP contribution in [-0.4, -0.2) is 28.6 Å². The topological polar surface area (TPSA) is 91.3 Å². The maximum absolute atomic E-state index is 11.9. The van der Waals surface area contributed by atoms with Gasteiger partial charge in [0.05, 0.1) is 12.0 Å². The van der Waals surface area contributed by atoms with Gasteiger partial charge in [-0.15, -0.1) is 11.3 Å². The van der Waals surface area contributed by atoms with E-state index in [1.807, 2.05) is 13.8 Å². The normalized spacial score (nSPS) is 22.8. The van der Waals surface area contributed by atoms with Crippen LogP contribution in [0.3, 0.4) is 0 Å². The minimum absolute atomic E-state index is 0.0330. The van der Waals surface area contributed by atoms with Gasteiger partial charge in [0.25, 0.3) is 0 Å². The maximum Gasteiger partial charge on any atom is 0.315 e. The summed E-state index contributed by atoms with van der Waals surface area (Å²) < 4.78 is 0. The fraction of sp³-hybridized carbons (Fsp3) is 0.643. The Kier molecular flexibility index (Phi) is 5.17. The van der Waals surface area contributed by atoms with Crippen LogP contribution in [0.25, 0.3) is 0 Å². The molecule has 1 aromatic rings. The highest BCUT2D eigenvalue weighted by Gasteiger charge is 2.32. The lowest BCUT2D eigenvalue weighted by molar-refractivity contribution is -0.142. The van der Waals surface area contributed by atoms with Crippen molar-refractivity contribution >= 4 is 23.3 Å². The van der Waals surface area contributed by atoms with Crippen LogP contribution in [0.4, 0.5) is 4.79 Å². The van der Waals surface area contributed by atoms with Gasteiger partial charge >= 0.3 is 12.0 Å². The fourth-order valence-electron chi connectivity index (χ4n) is 2.71. The maximum atomic E-state index is 11.9. The molecule has 21 heavy (non-hydrogen) atoms. The minimum Gasteiger partial charge on any atom is -0.481 e. The molecular weight excluding hydrogens is 290 g/mol. The molecule has 3 unspecified atom stereocenters. The summed E-state index contributed by atoms with van der Waals surface area (Å²) in [5.41, 5.74) is 0. The Morgan fingerprint density at radius 3 is 2.90 bits per heavy atom. The number of hydrogen-bond acceptors (Lipinski definition) is 4. The van der Waals surface area contributed by atoms with Crippen molar-refractivity contribution in [2.75, 3.05) is 6.54 Å². The molecule has 1 aliphatic carbocycles. The van der Waals surface area contributed by atoms with E-state index in [4.69, 9.17) is 5.11 Å². The SMILES string of the molecule is Cc1cnc(C(C)NC(=O)NCC2CCCC2C(=O)O)s1. The highest BCUT2D eigenvalue weighted by molar-refractivity contribution is 7.11. The predicted octanol–water partition coefficient (Wildman–Crippen LogP) is 2.31. The van der Waals surface area contributed by atoms with Crippen LogP contribution in [0, 0.1) is 18.8 Å². The Bertz CT molecular complexity index is 517. The summed E-state index contributed by atoms with van der Waals surface area (Å²) in [6, 6.07) is -0.422. The zero-order valence-corrected chi connectivity index (χ0v) is 13.1. The quantitative estimate of drug-likeness (QED) is 0.778. The number of carboxylic acids is 1. The van der Waals surface area contributed by atoms with Gasteiger partial charge < -0.3 is 15.7 Å². The van der Waals surface area contributed by atoms with Crippen LogP contribution in [0.2, 0.25) is 0 Å². The van der Waals surface area contributed by atoms with Crippen molar-refractivity contribution in [2.45, 2.75) is 39.2 Å². The number of aromatic nitrogens is 1. The first kappa shape index (κ1) is 15.8. The minimum atomic E-state index is -0.758. The van der Waals surface area contributed by atoms with Crippen LogP contribution in [0.5, 0.6) is 0 Å². The highest BCUT2D eigenvalue weighted by Crippen LogP contribution is 2.31. The Morgan fingerprint density at radius 1 is 1.52 bits per heavy atom. The van der Waals surface area contributed by atoms with E-state index in [1.165, 1.54) is 0 Å². The second-order valence-corrected chi connectivity index (χ2v) is 6.79. The molecule has 1 aromatic heterocycles. The lowest BCUT2D eigenvalue weighted by Crippen LogP contribution is -2.40. The molecule has 0 radical (unpaired) electrons. The van der Waals surface area contributed by atoms with E-state index >= 15 is 0 Å². The number of rotatable bonds is 5. The second kappa shape index (κ2) is 6.89. The molecule has 1 fully saturated rings. The Morgan fingerprint density at radius 2 is 2.29 bits per heavy atom. The lowest BCUT2D eigenvalue weighted by Gasteiger charge is -2.18. The largest absolute Gasteiger partial charge is 0.481 e. The number of carboxylic acid groups (broad SMARTS) is 1. The number of aliphatic carboxylic acids is 1. The van der Waals surface area contributed by atoms with E-state index in [-0.39, 0.29) is 23.9 Å². The smallest absolute Gasteiger partial charge is 0.315 e. The van der Waals surface area contributed by atoms with Gasteiger partial charge in [0, 0.05) is 17.6 Å². The molecule has 0 aliphatic heterocycles. The second-order valence-electron chi connectivity index (χ2n) is 5.52. The van der Waals surface area contributed by atoms with Gasteiger partial charge in [0.1, 0.15) is 5.01 Å². The first-order valence-corrected chi connectivity index (χ1v) is 7.98. The molecule has 1 heterocycles. The number of carbonyl (C=O) groups is 2. The fourth-order valence-corrected chi connectivity index (χ4v) is 3.49. The van der Waals surface area contributed by atoms with Crippen molar-refractivity contribution in [1.82, 2.24) is 15.6 Å². The number of aryl methyl sites for hydroxylation is 1. The number of amides is 2. The number of nitrogens with zero attached hydrogens (tertiary/aromatic N) is 1. The summed E-state index contributed by atoms with van der Waals surface area (Å²) in [6.45, 7) is 4.26. The molecule has 0 bridgehead atoms. The summed E-state index contributed by atoms with van der Waals surface area (Å²) >= 11 is 1.55. The van der Waals surface area contributed by atoms with Crippen LogP contribution >= 0.6 is 11.3 Å². The molecule has 0 saturated heterocycles. The molecule has 6 nitrogen and oxygen atoms in total. The van der Waals surface area contributed by atoms with Gasteiger partial charge in [-0.25, -0.2) is 9.78 Å². The van der Waals surface area contributed by atoms with Crippen molar-refractivity contribution in [3.05, 3.63) is 16.1 Å². The summed E-state index contributed by atoms with van der Waals surface area (Å²) in [7, 11) is 0. The summed E-state index contributed by atoms with van der Waals surface area (Å²) in [4.78, 5) is 28.3. The van der Waals surface area contributed by atoms with Crippen molar-refractivity contribution < 1.29 is 14.7 Å². The van der Waals surface area contributed by atoms with E-state index in [0.29, 0.717) is 13.0 Å². The number of carbonyl (C=O) groups excluding carboxylic acids is 1. The summed E-state index contributed by atoms with van der Waals surface area (Å²) in [5, 5.41) is 15.6. The van der Waals surface area contributed by atoms with Crippen molar-refractivity contribution in [3.63, 3.8) is 0 Å². The van der Waals surface area contributed by atoms with Gasteiger partial charge in [0.2, 0.25) is 0 Å². The zero-order valence-electron chi connectivity index (χ0n) is 12.3. The number of hydrogen-bond donors (Lipinski definition) is 3. The molecule has 7 heteroatoms. The monoisotopic (exact) mass is 311 g/mol. The van der Waals surface area contributed by atoms with Gasteiger partial charge in [-0.2, -0.15) is 0 Å². The highest BCUT2D eigenvalue weighted by atomic mass is 32.1. The molecule has 2 rings (SSSR count). The standard InChI is InChI=1S/C14H21N3O3S/c1-8-6-15-12(21-8)9(2)17-14(20)16-7-10-4-3-5-11(10)13(18)19/h6,9-11H,3-5,7H2,1-2H3,(H,18,19)(H2,16,17,20). The van der Waals surface area contributed by atoms with E-state index in [0.717, 1.165) is 22.7 Å². The third kappa shape index (κ3) is 4.17. The van der Waals surface area contributed by atoms with Gasteiger partial charge in [-0.1, -0.05) is 6.42 Å². The molecular formula is C14H21N3O3S. The van der Waals surface area contributed by atoms with E-state index < -0.39 is 5.97 Å². The molecule has 1 aliphatic rings.